The molecule has 0 spiro atoms. The monoisotopic (exact) mass is 271 g/mol. The maximum atomic E-state index is 9.10. The van der Waals surface area contributed by atoms with E-state index < -0.39 is 11.9 Å². The van der Waals surface area contributed by atoms with E-state index >= 15 is 0 Å². The van der Waals surface area contributed by atoms with Gasteiger partial charge in [0.05, 0.1) is 6.61 Å². The predicted molar refractivity (Wildman–Crippen MR) is 67.0 cm³/mol. The Balaban J connectivity index is 0.000000459. The lowest BCUT2D eigenvalue weighted by atomic mass is 10.2. The predicted octanol–water partition coefficient (Wildman–Crippen LogP) is 0.284. The molecule has 106 valence electrons. The molecule has 19 heavy (non-hydrogen) atoms. The van der Waals surface area contributed by atoms with Crippen molar-refractivity contribution >= 4 is 11.9 Å². The van der Waals surface area contributed by atoms with Crippen molar-refractivity contribution in [3.63, 3.8) is 0 Å². The van der Waals surface area contributed by atoms with Gasteiger partial charge in [-0.25, -0.2) is 9.59 Å². The number of hydrogen-bond donors (Lipinski definition) is 4. The van der Waals surface area contributed by atoms with Gasteiger partial charge in [0, 0.05) is 20.2 Å². The van der Waals surface area contributed by atoms with Crippen LogP contribution in [0.3, 0.4) is 0 Å². The van der Waals surface area contributed by atoms with Crippen molar-refractivity contribution in [2.24, 2.45) is 0 Å². The number of phenols is 1. The van der Waals surface area contributed by atoms with Gasteiger partial charge in [0.25, 0.3) is 0 Å². The zero-order chi connectivity index (χ0) is 14.7. The molecule has 0 unspecified atom stereocenters. The number of nitrogens with one attached hydrogen (secondary N) is 1. The molecule has 0 saturated carbocycles. The van der Waals surface area contributed by atoms with Crippen LogP contribution in [-0.4, -0.2) is 47.5 Å². The Hall–Kier alpha value is -2.12. The van der Waals surface area contributed by atoms with Crippen LogP contribution in [0.1, 0.15) is 5.56 Å². The largest absolute Gasteiger partial charge is 0.508 e. The Bertz CT molecular complexity index is 378. The standard InChI is InChI=1S/C10H15NO2.C2H2O4/c1-13-7-6-11-8-9-2-4-10(12)5-3-9;3-1(4)2(5)6/h2-5,11-12H,6-8H2,1H3;(H,3,4)(H,5,6). The summed E-state index contributed by atoms with van der Waals surface area (Å²) in [4.78, 5) is 18.2. The molecule has 0 heterocycles. The van der Waals surface area contributed by atoms with Crippen molar-refractivity contribution in [3.8, 4) is 5.75 Å². The number of aromatic hydroxyl groups is 1. The second kappa shape index (κ2) is 9.86. The number of phenolic OH excluding ortho intramolecular Hbond substituents is 1. The van der Waals surface area contributed by atoms with Gasteiger partial charge in [-0.3, -0.25) is 0 Å². The van der Waals surface area contributed by atoms with E-state index in [1.54, 1.807) is 19.2 Å². The van der Waals surface area contributed by atoms with Crippen LogP contribution in [0, 0.1) is 0 Å². The molecular formula is C12H17NO6. The number of carboxylic acid groups (broad SMARTS) is 2. The fourth-order valence-electron chi connectivity index (χ4n) is 1.02. The SMILES string of the molecule is COCCNCc1ccc(O)cc1.O=C(O)C(=O)O. The van der Waals surface area contributed by atoms with Gasteiger partial charge in [0.15, 0.2) is 0 Å². The van der Waals surface area contributed by atoms with E-state index in [-0.39, 0.29) is 0 Å². The van der Waals surface area contributed by atoms with Crippen molar-refractivity contribution < 1.29 is 29.6 Å². The summed E-state index contributed by atoms with van der Waals surface area (Å²) in [7, 11) is 1.68. The summed E-state index contributed by atoms with van der Waals surface area (Å²) in [5, 5.41) is 27.0. The number of ether oxygens (including phenoxy) is 1. The second-order valence-electron chi connectivity index (χ2n) is 3.45. The molecule has 1 rings (SSSR count). The van der Waals surface area contributed by atoms with Gasteiger partial charge < -0.3 is 25.4 Å². The summed E-state index contributed by atoms with van der Waals surface area (Å²) in [6.45, 7) is 2.37. The Morgan fingerprint density at radius 1 is 1.16 bits per heavy atom. The minimum absolute atomic E-state index is 0.306. The Morgan fingerprint density at radius 2 is 1.68 bits per heavy atom. The molecule has 0 radical (unpaired) electrons. The first-order valence-electron chi connectivity index (χ1n) is 5.41. The lowest BCUT2D eigenvalue weighted by Crippen LogP contribution is -2.18. The zero-order valence-electron chi connectivity index (χ0n) is 10.5. The lowest BCUT2D eigenvalue weighted by molar-refractivity contribution is -0.159. The summed E-state index contributed by atoms with van der Waals surface area (Å²) in [5.41, 5.74) is 1.16. The van der Waals surface area contributed by atoms with E-state index in [1.165, 1.54) is 0 Å². The third-order valence-electron chi connectivity index (χ3n) is 1.93. The van der Waals surface area contributed by atoms with E-state index in [9.17, 15) is 0 Å². The van der Waals surface area contributed by atoms with Crippen molar-refractivity contribution in [3.05, 3.63) is 29.8 Å². The number of aliphatic carboxylic acids is 2. The fourth-order valence-corrected chi connectivity index (χ4v) is 1.02. The van der Waals surface area contributed by atoms with Gasteiger partial charge >= 0.3 is 11.9 Å². The normalized spacial score (nSPS) is 9.32. The highest BCUT2D eigenvalue weighted by Gasteiger charge is 2.04. The number of benzene rings is 1. The number of carboxylic acids is 2. The van der Waals surface area contributed by atoms with Crippen LogP contribution < -0.4 is 5.32 Å². The van der Waals surface area contributed by atoms with Crippen LogP contribution in [0.25, 0.3) is 0 Å². The van der Waals surface area contributed by atoms with E-state index in [2.05, 4.69) is 5.32 Å². The number of hydrogen-bond acceptors (Lipinski definition) is 5. The molecule has 4 N–H and O–H groups in total. The van der Waals surface area contributed by atoms with E-state index in [0.29, 0.717) is 5.75 Å². The number of rotatable bonds is 5. The molecule has 7 nitrogen and oxygen atoms in total. The summed E-state index contributed by atoms with van der Waals surface area (Å²) in [6.07, 6.45) is 0. The third-order valence-corrected chi connectivity index (χ3v) is 1.93. The van der Waals surface area contributed by atoms with E-state index in [4.69, 9.17) is 29.6 Å². The molecule has 0 saturated heterocycles. The van der Waals surface area contributed by atoms with Gasteiger partial charge in [-0.2, -0.15) is 0 Å². The van der Waals surface area contributed by atoms with Crippen molar-refractivity contribution in [2.75, 3.05) is 20.3 Å². The van der Waals surface area contributed by atoms with Gasteiger partial charge in [-0.05, 0) is 17.7 Å². The lowest BCUT2D eigenvalue weighted by Gasteiger charge is -2.03. The van der Waals surface area contributed by atoms with Crippen molar-refractivity contribution in [2.45, 2.75) is 6.54 Å². The molecule has 0 aliphatic carbocycles. The van der Waals surface area contributed by atoms with E-state index in [1.807, 2.05) is 12.1 Å². The Morgan fingerprint density at radius 3 is 2.11 bits per heavy atom. The highest BCUT2D eigenvalue weighted by molar-refractivity contribution is 6.27. The Labute approximate surface area is 110 Å². The summed E-state index contributed by atoms with van der Waals surface area (Å²) in [5.74, 6) is -3.34. The van der Waals surface area contributed by atoms with Gasteiger partial charge in [0.2, 0.25) is 0 Å². The maximum absolute atomic E-state index is 9.10. The quantitative estimate of drug-likeness (QED) is 0.449. The van der Waals surface area contributed by atoms with Crippen LogP contribution in [0.4, 0.5) is 0 Å². The molecule has 1 aromatic carbocycles. The van der Waals surface area contributed by atoms with Gasteiger partial charge in [-0.1, -0.05) is 12.1 Å². The smallest absolute Gasteiger partial charge is 0.414 e. The summed E-state index contributed by atoms with van der Waals surface area (Å²) < 4.78 is 4.90. The topological polar surface area (TPSA) is 116 Å². The van der Waals surface area contributed by atoms with Crippen LogP contribution >= 0.6 is 0 Å². The van der Waals surface area contributed by atoms with E-state index in [0.717, 1.165) is 25.3 Å². The van der Waals surface area contributed by atoms with Crippen LogP contribution in [0.15, 0.2) is 24.3 Å². The minimum Gasteiger partial charge on any atom is -0.508 e. The summed E-state index contributed by atoms with van der Waals surface area (Å²) in [6, 6.07) is 7.17. The van der Waals surface area contributed by atoms with Crippen LogP contribution in [0.2, 0.25) is 0 Å². The highest BCUT2D eigenvalue weighted by Crippen LogP contribution is 2.08. The van der Waals surface area contributed by atoms with Crippen LogP contribution in [0.5, 0.6) is 5.75 Å². The molecule has 0 atom stereocenters. The van der Waals surface area contributed by atoms with Crippen LogP contribution in [-0.2, 0) is 20.9 Å². The maximum Gasteiger partial charge on any atom is 0.414 e. The highest BCUT2D eigenvalue weighted by atomic mass is 16.5. The molecule has 0 aliphatic heterocycles. The summed E-state index contributed by atoms with van der Waals surface area (Å²) >= 11 is 0. The molecule has 1 aromatic rings. The van der Waals surface area contributed by atoms with Gasteiger partial charge in [0.1, 0.15) is 5.75 Å². The number of carbonyl (C=O) groups is 2. The molecule has 0 aromatic heterocycles. The average molecular weight is 271 g/mol. The first kappa shape index (κ1) is 16.9. The van der Waals surface area contributed by atoms with Gasteiger partial charge in [-0.15, -0.1) is 0 Å². The first-order chi connectivity index (χ1) is 8.97. The first-order valence-corrected chi connectivity index (χ1v) is 5.41. The zero-order valence-corrected chi connectivity index (χ0v) is 10.5. The molecule has 0 fully saturated rings. The second-order valence-corrected chi connectivity index (χ2v) is 3.45. The minimum atomic E-state index is -1.82. The molecule has 0 bridgehead atoms. The molecule has 0 amide bonds. The molecule has 7 heteroatoms. The van der Waals surface area contributed by atoms with Crippen molar-refractivity contribution in [1.29, 1.82) is 0 Å². The van der Waals surface area contributed by atoms with Crippen molar-refractivity contribution in [1.82, 2.24) is 5.32 Å². The fraction of sp³-hybridized carbons (Fsp3) is 0.333. The Kier molecular flexibility index (Phi) is 8.76. The molecular weight excluding hydrogens is 254 g/mol. The molecule has 0 aliphatic rings. The number of methoxy groups -OCH3 is 1. The third kappa shape index (κ3) is 9.57. The average Bonchev–Trinajstić information content (AvgIpc) is 2.37.